The number of hydrogen-bond donors (Lipinski definition) is 0. The fraction of sp³-hybridized carbons (Fsp3) is 0.100. The summed E-state index contributed by atoms with van der Waals surface area (Å²) < 4.78 is 4.68. The lowest BCUT2D eigenvalue weighted by Crippen LogP contribution is -2.32. The van der Waals surface area contributed by atoms with Crippen LogP contribution in [0.5, 0.6) is 0 Å². The summed E-state index contributed by atoms with van der Waals surface area (Å²) in [5.41, 5.74) is 0.412. The van der Waals surface area contributed by atoms with Crippen LogP contribution in [0.15, 0.2) is 29.3 Å². The molecule has 3 amide bonds. The Kier molecular flexibility index (Phi) is 2.62. The fourth-order valence-corrected chi connectivity index (χ4v) is 1.44. The van der Waals surface area contributed by atoms with E-state index in [1.165, 1.54) is 7.11 Å². The normalized spacial score (nSPS) is 15.4. The molecule has 0 fully saturated rings. The number of hydrogen-bond acceptors (Lipinski definition) is 3. The zero-order chi connectivity index (χ0) is 11.7. The van der Waals surface area contributed by atoms with E-state index in [1.54, 1.807) is 24.3 Å². The molecular formula is C10H7ClN2O3. The highest BCUT2D eigenvalue weighted by Crippen LogP contribution is 2.21. The number of methoxy groups -OCH3 is 1. The number of urea groups is 1. The van der Waals surface area contributed by atoms with Crippen LogP contribution in [0.2, 0.25) is 5.02 Å². The Morgan fingerprint density at radius 2 is 1.88 bits per heavy atom. The van der Waals surface area contributed by atoms with Gasteiger partial charge in [0.2, 0.25) is 0 Å². The number of aliphatic imine (C=N–C) groups is 1. The second-order valence-corrected chi connectivity index (χ2v) is 3.46. The van der Waals surface area contributed by atoms with Crippen LogP contribution < -0.4 is 4.90 Å². The molecule has 0 bridgehead atoms. The molecule has 0 atom stereocenters. The highest BCUT2D eigenvalue weighted by molar-refractivity contribution is 6.51. The second kappa shape index (κ2) is 3.94. The van der Waals surface area contributed by atoms with Gasteiger partial charge in [-0.3, -0.25) is 4.79 Å². The summed E-state index contributed by atoms with van der Waals surface area (Å²) >= 11 is 5.71. The van der Waals surface area contributed by atoms with Crippen molar-refractivity contribution in [3.8, 4) is 0 Å². The zero-order valence-corrected chi connectivity index (χ0v) is 9.06. The molecule has 82 valence electrons. The van der Waals surface area contributed by atoms with Gasteiger partial charge in [0.25, 0.3) is 5.90 Å². The summed E-state index contributed by atoms with van der Waals surface area (Å²) in [6.07, 6.45) is 0. The first-order valence-electron chi connectivity index (χ1n) is 4.40. The first-order valence-corrected chi connectivity index (χ1v) is 4.78. The number of nitrogens with zero attached hydrogens (tertiary/aromatic N) is 2. The minimum atomic E-state index is -0.663. The van der Waals surface area contributed by atoms with Gasteiger partial charge in [0.05, 0.1) is 12.8 Å². The average Bonchev–Trinajstić information content (AvgIpc) is 2.56. The van der Waals surface area contributed by atoms with E-state index in [4.69, 9.17) is 11.6 Å². The molecule has 0 N–H and O–H groups in total. The van der Waals surface area contributed by atoms with Crippen molar-refractivity contribution in [3.05, 3.63) is 29.3 Å². The molecule has 1 aliphatic heterocycles. The smallest absolute Gasteiger partial charge is 0.358 e. The van der Waals surface area contributed by atoms with Crippen molar-refractivity contribution < 1.29 is 14.3 Å². The zero-order valence-electron chi connectivity index (χ0n) is 8.31. The number of ether oxygens (including phenoxy) is 1. The van der Waals surface area contributed by atoms with E-state index in [0.717, 1.165) is 4.90 Å². The molecule has 1 aromatic rings. The summed E-state index contributed by atoms with van der Waals surface area (Å²) in [4.78, 5) is 27.5. The maximum Gasteiger partial charge on any atom is 0.358 e. The fourth-order valence-electron chi connectivity index (χ4n) is 1.32. The van der Waals surface area contributed by atoms with E-state index >= 15 is 0 Å². The highest BCUT2D eigenvalue weighted by Gasteiger charge is 2.35. The monoisotopic (exact) mass is 238 g/mol. The quantitative estimate of drug-likeness (QED) is 0.750. The Balaban J connectivity index is 2.34. The third-order valence-corrected chi connectivity index (χ3v) is 2.30. The molecule has 1 aromatic carbocycles. The third-order valence-electron chi connectivity index (χ3n) is 2.05. The van der Waals surface area contributed by atoms with Crippen molar-refractivity contribution in [1.29, 1.82) is 0 Å². The van der Waals surface area contributed by atoms with Gasteiger partial charge < -0.3 is 4.74 Å². The summed E-state index contributed by atoms with van der Waals surface area (Å²) in [5, 5.41) is 0.524. The van der Waals surface area contributed by atoms with Crippen LogP contribution in [0.1, 0.15) is 0 Å². The first kappa shape index (κ1) is 10.6. The molecule has 0 saturated carbocycles. The summed E-state index contributed by atoms with van der Waals surface area (Å²) in [5.74, 6) is -0.783. The number of benzene rings is 1. The summed E-state index contributed by atoms with van der Waals surface area (Å²) in [7, 11) is 1.29. The van der Waals surface area contributed by atoms with E-state index in [1.807, 2.05) is 0 Å². The predicted octanol–water partition coefficient (Wildman–Crippen LogP) is 1.85. The van der Waals surface area contributed by atoms with Crippen LogP contribution in [-0.2, 0) is 9.53 Å². The first-order chi connectivity index (χ1) is 7.63. The molecule has 5 nitrogen and oxygen atoms in total. The molecule has 16 heavy (non-hydrogen) atoms. The second-order valence-electron chi connectivity index (χ2n) is 3.02. The van der Waals surface area contributed by atoms with Gasteiger partial charge in [-0.05, 0) is 24.3 Å². The largest absolute Gasteiger partial charge is 0.477 e. The molecule has 0 aromatic heterocycles. The van der Waals surface area contributed by atoms with E-state index in [-0.39, 0.29) is 5.90 Å². The van der Waals surface area contributed by atoms with Gasteiger partial charge in [-0.15, -0.1) is 0 Å². The number of anilines is 1. The van der Waals surface area contributed by atoms with Crippen molar-refractivity contribution in [2.75, 3.05) is 12.0 Å². The van der Waals surface area contributed by atoms with E-state index in [2.05, 4.69) is 9.73 Å². The van der Waals surface area contributed by atoms with Crippen LogP contribution in [0.4, 0.5) is 10.5 Å². The van der Waals surface area contributed by atoms with Crippen LogP contribution in [-0.4, -0.2) is 24.9 Å². The SMILES string of the molecule is COC1=NC(=O)N(c2ccc(Cl)cc2)C1=O. The summed E-state index contributed by atoms with van der Waals surface area (Å²) in [6, 6.07) is 5.63. The molecule has 0 unspecified atom stereocenters. The molecule has 2 rings (SSSR count). The molecule has 0 spiro atoms. The molecule has 0 aliphatic carbocycles. The number of carbonyl (C=O) groups excluding carboxylic acids is 2. The standard InChI is InChI=1S/C10H7ClN2O3/c1-16-8-9(14)13(10(15)12-8)7-4-2-6(11)3-5-7/h2-5H,1H3. The number of carbonyl (C=O) groups is 2. The molecule has 6 heteroatoms. The van der Waals surface area contributed by atoms with Crippen molar-refractivity contribution in [3.63, 3.8) is 0 Å². The van der Waals surface area contributed by atoms with E-state index in [0.29, 0.717) is 10.7 Å². The van der Waals surface area contributed by atoms with Gasteiger partial charge in [0.15, 0.2) is 0 Å². The molecule has 0 saturated heterocycles. The number of amides is 3. The lowest BCUT2D eigenvalue weighted by atomic mass is 10.3. The third kappa shape index (κ3) is 1.65. The lowest BCUT2D eigenvalue weighted by molar-refractivity contribution is -0.112. The molecular weight excluding hydrogens is 232 g/mol. The average molecular weight is 239 g/mol. The summed E-state index contributed by atoms with van der Waals surface area (Å²) in [6.45, 7) is 0. The van der Waals surface area contributed by atoms with Crippen LogP contribution >= 0.6 is 11.6 Å². The van der Waals surface area contributed by atoms with Crippen LogP contribution in [0.3, 0.4) is 0 Å². The van der Waals surface area contributed by atoms with Crippen LogP contribution in [0, 0.1) is 0 Å². The van der Waals surface area contributed by atoms with E-state index in [9.17, 15) is 9.59 Å². The van der Waals surface area contributed by atoms with Gasteiger partial charge >= 0.3 is 11.9 Å². The Hall–Kier alpha value is -1.88. The number of halogens is 1. The molecule has 0 radical (unpaired) electrons. The maximum absolute atomic E-state index is 11.6. The van der Waals surface area contributed by atoms with Gasteiger partial charge in [-0.25, -0.2) is 9.69 Å². The van der Waals surface area contributed by atoms with Crippen molar-refractivity contribution in [2.45, 2.75) is 0 Å². The van der Waals surface area contributed by atoms with Crippen LogP contribution in [0.25, 0.3) is 0 Å². The topological polar surface area (TPSA) is 59.0 Å². The van der Waals surface area contributed by atoms with Gasteiger partial charge in [0, 0.05) is 5.02 Å². The predicted molar refractivity (Wildman–Crippen MR) is 58.8 cm³/mol. The number of rotatable bonds is 1. The van der Waals surface area contributed by atoms with Gasteiger partial charge in [0.1, 0.15) is 0 Å². The minimum absolute atomic E-state index is 0.208. The van der Waals surface area contributed by atoms with Crippen molar-refractivity contribution in [2.24, 2.45) is 4.99 Å². The van der Waals surface area contributed by atoms with E-state index < -0.39 is 11.9 Å². The van der Waals surface area contributed by atoms with Gasteiger partial charge in [-0.2, -0.15) is 4.99 Å². The van der Waals surface area contributed by atoms with Crippen molar-refractivity contribution >= 4 is 35.1 Å². The van der Waals surface area contributed by atoms with Gasteiger partial charge in [-0.1, -0.05) is 11.6 Å². The number of imide groups is 1. The Morgan fingerprint density at radius 1 is 1.25 bits per heavy atom. The highest BCUT2D eigenvalue weighted by atomic mass is 35.5. The minimum Gasteiger partial charge on any atom is -0.477 e. The van der Waals surface area contributed by atoms with Crippen molar-refractivity contribution in [1.82, 2.24) is 0 Å². The maximum atomic E-state index is 11.6. The Morgan fingerprint density at radius 3 is 2.38 bits per heavy atom. The lowest BCUT2D eigenvalue weighted by Gasteiger charge is -2.11. The Labute approximate surface area is 96.3 Å². The Bertz CT molecular complexity index is 481. The molecule has 1 aliphatic rings. The molecule has 1 heterocycles.